The summed E-state index contributed by atoms with van der Waals surface area (Å²) in [5.41, 5.74) is -0.553. The summed E-state index contributed by atoms with van der Waals surface area (Å²) in [7, 11) is 0. The second-order valence-corrected chi connectivity index (χ2v) is 4.94. The van der Waals surface area contributed by atoms with E-state index in [-0.39, 0.29) is 16.6 Å². The summed E-state index contributed by atoms with van der Waals surface area (Å²) < 4.78 is 1.02. The number of nitrogens with one attached hydrogen (secondary N) is 2. The van der Waals surface area contributed by atoms with Crippen LogP contribution in [0, 0.1) is 10.1 Å². The van der Waals surface area contributed by atoms with Gasteiger partial charge in [-0.2, -0.15) is 0 Å². The zero-order valence-electron chi connectivity index (χ0n) is 12.8. The van der Waals surface area contributed by atoms with Gasteiger partial charge in [0.05, 0.1) is 22.2 Å². The molecule has 10 nitrogen and oxygen atoms in total. The van der Waals surface area contributed by atoms with Crippen molar-refractivity contribution in [3.63, 3.8) is 0 Å². The van der Waals surface area contributed by atoms with Crippen molar-refractivity contribution in [2.75, 3.05) is 6.54 Å². The first-order valence-electron chi connectivity index (χ1n) is 7.13. The van der Waals surface area contributed by atoms with Crippen LogP contribution in [0.25, 0.3) is 10.9 Å². The van der Waals surface area contributed by atoms with Crippen LogP contribution in [0.3, 0.4) is 0 Å². The fraction of sp³-hybridized carbons (Fsp3) is 0.286. The Labute approximate surface area is 135 Å². The smallest absolute Gasteiger partial charge is 0.321 e. The van der Waals surface area contributed by atoms with Gasteiger partial charge in [0.2, 0.25) is 5.91 Å². The maximum absolute atomic E-state index is 12.3. The van der Waals surface area contributed by atoms with E-state index in [2.05, 4.69) is 15.6 Å². The number of carbonyl (C=O) groups is 2. The number of nitro benzene ring substituents is 1. The van der Waals surface area contributed by atoms with Gasteiger partial charge < -0.3 is 5.32 Å². The van der Waals surface area contributed by atoms with Crippen LogP contribution in [0.4, 0.5) is 10.5 Å². The van der Waals surface area contributed by atoms with Crippen LogP contribution >= 0.6 is 0 Å². The van der Waals surface area contributed by atoms with Crippen molar-refractivity contribution in [2.24, 2.45) is 0 Å². The molecule has 3 amide bonds. The summed E-state index contributed by atoms with van der Waals surface area (Å²) in [5.74, 6) is -0.672. The first kappa shape index (κ1) is 17.1. The Hall–Kier alpha value is -3.30. The van der Waals surface area contributed by atoms with Gasteiger partial charge in [-0.25, -0.2) is 9.78 Å². The van der Waals surface area contributed by atoms with E-state index in [4.69, 9.17) is 0 Å². The summed E-state index contributed by atoms with van der Waals surface area (Å²) in [6.07, 6.45) is 1.83. The van der Waals surface area contributed by atoms with Crippen LogP contribution in [0.1, 0.15) is 13.3 Å². The third kappa shape index (κ3) is 3.91. The topological polar surface area (TPSA) is 136 Å². The molecule has 0 bridgehead atoms. The number of hydrogen-bond acceptors (Lipinski definition) is 6. The van der Waals surface area contributed by atoms with Gasteiger partial charge in [-0.15, -0.1) is 0 Å². The van der Waals surface area contributed by atoms with E-state index in [9.17, 15) is 24.5 Å². The first-order chi connectivity index (χ1) is 11.4. The molecule has 2 rings (SSSR count). The molecule has 0 saturated carbocycles. The van der Waals surface area contributed by atoms with Gasteiger partial charge in [0.1, 0.15) is 6.54 Å². The SMILES string of the molecule is CCCNC(=O)NC(=O)Cn1cnc2cc([N+](=O)[O-])ccc2c1=O. The van der Waals surface area contributed by atoms with Crippen LogP contribution < -0.4 is 16.2 Å². The van der Waals surface area contributed by atoms with Gasteiger partial charge in [0.25, 0.3) is 11.2 Å². The minimum absolute atomic E-state index is 0.145. The molecule has 0 aliphatic rings. The molecule has 24 heavy (non-hydrogen) atoms. The van der Waals surface area contributed by atoms with E-state index in [0.717, 1.165) is 17.3 Å². The minimum atomic E-state index is -0.672. The number of rotatable bonds is 5. The van der Waals surface area contributed by atoms with E-state index in [1.165, 1.54) is 18.2 Å². The minimum Gasteiger partial charge on any atom is -0.338 e. The molecule has 0 unspecified atom stereocenters. The maximum Gasteiger partial charge on any atom is 0.321 e. The van der Waals surface area contributed by atoms with Gasteiger partial charge in [-0.3, -0.25) is 29.6 Å². The van der Waals surface area contributed by atoms with E-state index in [1.807, 2.05) is 6.92 Å². The predicted molar refractivity (Wildman–Crippen MR) is 84.5 cm³/mol. The Balaban J connectivity index is 2.18. The molecule has 1 heterocycles. The van der Waals surface area contributed by atoms with Gasteiger partial charge in [0.15, 0.2) is 0 Å². The molecule has 2 aromatic rings. The largest absolute Gasteiger partial charge is 0.338 e. The average Bonchev–Trinajstić information content (AvgIpc) is 2.55. The molecular weight excluding hydrogens is 318 g/mol. The van der Waals surface area contributed by atoms with E-state index in [1.54, 1.807) is 0 Å². The summed E-state index contributed by atoms with van der Waals surface area (Å²) >= 11 is 0. The van der Waals surface area contributed by atoms with Crippen molar-refractivity contribution in [3.8, 4) is 0 Å². The third-order valence-electron chi connectivity index (χ3n) is 3.12. The monoisotopic (exact) mass is 333 g/mol. The second-order valence-electron chi connectivity index (χ2n) is 4.94. The summed E-state index contributed by atoms with van der Waals surface area (Å²) in [6, 6.07) is 3.01. The Morgan fingerprint density at radius 3 is 2.79 bits per heavy atom. The molecule has 0 atom stereocenters. The lowest BCUT2D eigenvalue weighted by Crippen LogP contribution is -2.42. The van der Waals surface area contributed by atoms with Crippen molar-refractivity contribution in [1.29, 1.82) is 0 Å². The summed E-state index contributed by atoms with van der Waals surface area (Å²) in [6.45, 7) is 1.90. The number of non-ortho nitro benzene ring substituents is 1. The zero-order chi connectivity index (χ0) is 17.7. The number of imide groups is 1. The summed E-state index contributed by atoms with van der Waals surface area (Å²) in [4.78, 5) is 49.5. The zero-order valence-corrected chi connectivity index (χ0v) is 12.8. The molecule has 0 radical (unpaired) electrons. The van der Waals surface area contributed by atoms with Crippen molar-refractivity contribution in [1.82, 2.24) is 20.2 Å². The van der Waals surface area contributed by atoms with Crippen molar-refractivity contribution < 1.29 is 14.5 Å². The van der Waals surface area contributed by atoms with Gasteiger partial charge in [-0.05, 0) is 12.5 Å². The van der Waals surface area contributed by atoms with Gasteiger partial charge in [0, 0.05) is 18.7 Å². The normalized spacial score (nSPS) is 10.4. The Morgan fingerprint density at radius 1 is 1.38 bits per heavy atom. The molecule has 10 heteroatoms. The Morgan fingerprint density at radius 2 is 2.12 bits per heavy atom. The van der Waals surface area contributed by atoms with E-state index < -0.39 is 29.0 Å². The molecule has 0 saturated heterocycles. The maximum atomic E-state index is 12.3. The van der Waals surface area contributed by atoms with Gasteiger partial charge >= 0.3 is 6.03 Å². The molecule has 126 valence electrons. The van der Waals surface area contributed by atoms with Gasteiger partial charge in [-0.1, -0.05) is 6.92 Å². The highest BCUT2D eigenvalue weighted by Crippen LogP contribution is 2.16. The number of amides is 3. The highest BCUT2D eigenvalue weighted by Gasteiger charge is 2.13. The highest BCUT2D eigenvalue weighted by molar-refractivity contribution is 5.94. The molecule has 0 aliphatic heterocycles. The quantitative estimate of drug-likeness (QED) is 0.605. The van der Waals surface area contributed by atoms with Crippen LogP contribution in [0.2, 0.25) is 0 Å². The number of carbonyl (C=O) groups excluding carboxylic acids is 2. The fourth-order valence-electron chi connectivity index (χ4n) is 1.98. The van der Waals surface area contributed by atoms with Crippen molar-refractivity contribution >= 4 is 28.5 Å². The molecule has 1 aromatic heterocycles. The van der Waals surface area contributed by atoms with Crippen molar-refractivity contribution in [2.45, 2.75) is 19.9 Å². The molecular formula is C14H15N5O5. The van der Waals surface area contributed by atoms with Crippen molar-refractivity contribution in [3.05, 3.63) is 45.0 Å². The molecule has 0 spiro atoms. The number of aromatic nitrogens is 2. The fourth-order valence-corrected chi connectivity index (χ4v) is 1.98. The standard InChI is InChI=1S/C14H15N5O5/c1-2-5-15-14(22)17-12(20)7-18-8-16-11-6-9(19(23)24)3-4-10(11)13(18)21/h3-4,6,8H,2,5,7H2,1H3,(H2,15,17,20,22). The highest BCUT2D eigenvalue weighted by atomic mass is 16.6. The predicted octanol–water partition coefficient (Wildman–Crippen LogP) is 0.540. The van der Waals surface area contributed by atoms with Crippen LogP contribution in [0.15, 0.2) is 29.3 Å². The number of fused-ring (bicyclic) bond motifs is 1. The molecule has 2 N–H and O–H groups in total. The number of urea groups is 1. The van der Waals surface area contributed by atoms with Crippen LogP contribution in [-0.4, -0.2) is 33.0 Å². The number of nitro groups is 1. The second kappa shape index (κ2) is 7.31. The summed E-state index contributed by atoms with van der Waals surface area (Å²) in [5, 5.41) is 15.4. The molecule has 0 aliphatic carbocycles. The number of benzene rings is 1. The average molecular weight is 333 g/mol. The molecule has 0 fully saturated rings. The lowest BCUT2D eigenvalue weighted by molar-refractivity contribution is -0.384. The van der Waals surface area contributed by atoms with E-state index >= 15 is 0 Å². The molecule has 1 aromatic carbocycles. The Bertz CT molecular complexity index is 860. The third-order valence-corrected chi connectivity index (χ3v) is 3.12. The van der Waals surface area contributed by atoms with Crippen LogP contribution in [-0.2, 0) is 11.3 Å². The number of nitrogens with zero attached hydrogens (tertiary/aromatic N) is 3. The van der Waals surface area contributed by atoms with E-state index in [0.29, 0.717) is 6.54 Å². The first-order valence-corrected chi connectivity index (χ1v) is 7.13. The van der Waals surface area contributed by atoms with Crippen LogP contribution in [0.5, 0.6) is 0 Å². The Kier molecular flexibility index (Phi) is 5.20. The lowest BCUT2D eigenvalue weighted by atomic mass is 10.2. The number of hydrogen-bond donors (Lipinski definition) is 2. The lowest BCUT2D eigenvalue weighted by Gasteiger charge is -2.08.